The normalized spacial score (nSPS) is 7.58. The molecule has 0 aliphatic heterocycles. The maximum atomic E-state index is 9.83. The van der Waals surface area contributed by atoms with Gasteiger partial charge in [-0.1, -0.05) is 0 Å². The molecule has 11 heteroatoms. The van der Waals surface area contributed by atoms with Crippen LogP contribution in [0.2, 0.25) is 0 Å². The van der Waals surface area contributed by atoms with Crippen molar-refractivity contribution >= 4 is 58.4 Å². The molecule has 26 heavy (non-hydrogen) atoms. The molecule has 10 nitrogen and oxygen atoms in total. The monoisotopic (exact) mass is 388 g/mol. The molecule has 0 aromatic carbocycles. The van der Waals surface area contributed by atoms with E-state index in [4.69, 9.17) is 0 Å². The van der Waals surface area contributed by atoms with E-state index in [1.807, 2.05) is 0 Å². The minimum atomic E-state index is -1.31. The topological polar surface area (TPSA) is 189 Å². The summed E-state index contributed by atoms with van der Waals surface area (Å²) >= 11 is 0. The molecular weight excluding hydrogens is 367 g/mol. The molecule has 0 aliphatic carbocycles. The summed E-state index contributed by atoms with van der Waals surface area (Å²) in [6.45, 7) is 6.67. The zero-order chi connectivity index (χ0) is 21.2. The van der Waals surface area contributed by atoms with Crippen molar-refractivity contribution in [3.8, 4) is 0 Å². The second-order valence-corrected chi connectivity index (χ2v) is 4.66. The Labute approximate surface area is 161 Å². The first kappa shape index (κ1) is 34.9. The van der Waals surface area contributed by atoms with Gasteiger partial charge in [-0.05, 0) is 34.6 Å². The van der Waals surface area contributed by atoms with Gasteiger partial charge in [-0.15, -0.1) is 0 Å². The molecule has 0 rings (SSSR count). The van der Waals surface area contributed by atoms with E-state index in [-0.39, 0.29) is 40.5 Å². The molecule has 0 radical (unpaired) electrons. The Kier molecular flexibility index (Phi) is 30.3. The van der Waals surface area contributed by atoms with Crippen LogP contribution in [-0.2, 0) is 33.6 Å². The molecule has 0 fully saturated rings. The van der Waals surface area contributed by atoms with Crippen molar-refractivity contribution in [1.82, 2.24) is 0 Å². The van der Waals surface area contributed by atoms with Gasteiger partial charge in [-0.2, -0.15) is 0 Å². The number of carbonyl (C=O) groups is 7. The van der Waals surface area contributed by atoms with E-state index in [9.17, 15) is 48.9 Å². The average molecular weight is 388 g/mol. The second-order valence-electron chi connectivity index (χ2n) is 4.66. The van der Waals surface area contributed by atoms with Gasteiger partial charge in [0.05, 0.1) is 0 Å². The van der Waals surface area contributed by atoms with Gasteiger partial charge in [0.1, 0.15) is 23.1 Å². The van der Waals surface area contributed by atoms with E-state index in [0.29, 0.717) is 0 Å². The fraction of sp³-hybridized carbons (Fsp3) is 0.533. The van der Waals surface area contributed by atoms with Crippen molar-refractivity contribution in [2.75, 3.05) is 0 Å². The Morgan fingerprint density at radius 2 is 0.615 bits per heavy atom. The maximum Gasteiger partial charge on any atom is 3.00 e. The molecule has 0 aromatic heterocycles. The standard InChI is InChI=1S/3C4H6O3.C3H6O.Al/c3*1-3(5)2-4(6)7;1-3(2)4;/h3*2H2,1H3,(H,6,7);1-2H3;/q;;;;+3/p-3. The minimum Gasteiger partial charge on any atom is -0.550 e. The number of carboxylic acid groups (broad SMARTS) is 3. The van der Waals surface area contributed by atoms with Crippen molar-refractivity contribution < 1.29 is 48.9 Å². The van der Waals surface area contributed by atoms with Crippen LogP contribution in [0.25, 0.3) is 0 Å². The molecule has 0 aliphatic rings. The Bertz CT molecular complexity index is 395. The Balaban J connectivity index is -0.0000000759. The van der Waals surface area contributed by atoms with E-state index in [2.05, 4.69) is 0 Å². The van der Waals surface area contributed by atoms with Crippen molar-refractivity contribution in [3.63, 3.8) is 0 Å². The third-order valence-corrected chi connectivity index (χ3v) is 1.18. The van der Waals surface area contributed by atoms with Crippen LogP contribution < -0.4 is 15.3 Å². The van der Waals surface area contributed by atoms with Crippen molar-refractivity contribution in [3.05, 3.63) is 0 Å². The molecule has 0 atom stereocenters. The Morgan fingerprint density at radius 1 is 0.500 bits per heavy atom. The van der Waals surface area contributed by atoms with Crippen LogP contribution in [0.1, 0.15) is 53.9 Å². The van der Waals surface area contributed by atoms with Gasteiger partial charge in [0.2, 0.25) is 0 Å². The summed E-state index contributed by atoms with van der Waals surface area (Å²) in [6.07, 6.45) is -1.42. The van der Waals surface area contributed by atoms with Gasteiger partial charge in [0.15, 0.2) is 0 Å². The number of aliphatic carboxylic acids is 3. The number of Topliss-reactive ketones (excluding diaryl/α,β-unsaturated/α-hetero) is 4. The summed E-state index contributed by atoms with van der Waals surface area (Å²) in [6, 6.07) is 0. The quantitative estimate of drug-likeness (QED) is 0.324. The SMILES string of the molecule is CC(=O)CC(=O)[O-].CC(=O)CC(=O)[O-].CC(=O)CC(=O)[O-].CC(C)=O.[Al+3]. The summed E-state index contributed by atoms with van der Waals surface area (Å²) in [5.41, 5.74) is 0. The fourth-order valence-corrected chi connectivity index (χ4v) is 0.610. The van der Waals surface area contributed by atoms with Crippen LogP contribution >= 0.6 is 0 Å². The molecule has 0 N–H and O–H groups in total. The average Bonchev–Trinajstić information content (AvgIpc) is 2.22. The van der Waals surface area contributed by atoms with Gasteiger partial charge in [0.25, 0.3) is 0 Å². The predicted octanol–water partition coefficient (Wildman–Crippen LogP) is -3.64. The molecule has 0 heterocycles. The zero-order valence-corrected chi connectivity index (χ0v) is 16.4. The number of ketones is 4. The van der Waals surface area contributed by atoms with Crippen molar-refractivity contribution in [1.29, 1.82) is 0 Å². The zero-order valence-electron chi connectivity index (χ0n) is 15.3. The molecule has 144 valence electrons. The smallest absolute Gasteiger partial charge is 0.550 e. The largest absolute Gasteiger partial charge is 3.00 e. The first-order valence-corrected chi connectivity index (χ1v) is 6.66. The molecule has 0 amide bonds. The summed E-state index contributed by atoms with van der Waals surface area (Å²) in [5.74, 6) is -4.90. The van der Waals surface area contributed by atoms with Crippen LogP contribution in [0.4, 0.5) is 0 Å². The van der Waals surface area contributed by atoms with Gasteiger partial charge in [-0.3, -0.25) is 14.4 Å². The summed E-state index contributed by atoms with van der Waals surface area (Å²) in [4.78, 5) is 67.4. The van der Waals surface area contributed by atoms with Gasteiger partial charge < -0.3 is 34.5 Å². The van der Waals surface area contributed by atoms with Crippen molar-refractivity contribution in [2.24, 2.45) is 0 Å². The number of carbonyl (C=O) groups excluding carboxylic acids is 7. The number of hydrogen-bond acceptors (Lipinski definition) is 10. The van der Waals surface area contributed by atoms with E-state index in [0.717, 1.165) is 0 Å². The number of rotatable bonds is 6. The van der Waals surface area contributed by atoms with Gasteiger partial charge in [0, 0.05) is 37.2 Å². The maximum absolute atomic E-state index is 9.83. The third kappa shape index (κ3) is 99.3. The summed E-state index contributed by atoms with van der Waals surface area (Å²) in [7, 11) is 0. The molecule has 0 bridgehead atoms. The Morgan fingerprint density at radius 3 is 0.615 bits per heavy atom. The van der Waals surface area contributed by atoms with Gasteiger partial charge >= 0.3 is 17.4 Å². The molecule has 0 saturated carbocycles. The molecule has 0 spiro atoms. The van der Waals surface area contributed by atoms with E-state index in [1.54, 1.807) is 0 Å². The van der Waals surface area contributed by atoms with Crippen LogP contribution in [0.3, 0.4) is 0 Å². The summed E-state index contributed by atoms with van der Waals surface area (Å²) in [5, 5.41) is 28.4. The van der Waals surface area contributed by atoms with Crippen LogP contribution in [0, 0.1) is 0 Å². The van der Waals surface area contributed by atoms with Gasteiger partial charge in [-0.25, -0.2) is 0 Å². The fourth-order valence-electron chi connectivity index (χ4n) is 0.610. The van der Waals surface area contributed by atoms with Crippen LogP contribution in [-0.4, -0.2) is 58.4 Å². The predicted molar refractivity (Wildman–Crippen MR) is 83.0 cm³/mol. The second kappa shape index (κ2) is 22.6. The number of hydrogen-bond donors (Lipinski definition) is 0. The van der Waals surface area contributed by atoms with E-state index >= 15 is 0 Å². The summed E-state index contributed by atoms with van der Waals surface area (Å²) < 4.78 is 0. The van der Waals surface area contributed by atoms with Crippen LogP contribution in [0.15, 0.2) is 0 Å². The first-order valence-electron chi connectivity index (χ1n) is 6.66. The molecular formula is C15H21AlO10. The van der Waals surface area contributed by atoms with E-state index < -0.39 is 37.2 Å². The van der Waals surface area contributed by atoms with Crippen LogP contribution in [0.5, 0.6) is 0 Å². The molecule has 0 saturated heterocycles. The van der Waals surface area contributed by atoms with E-state index in [1.165, 1.54) is 34.6 Å². The minimum absolute atomic E-state index is 0. The third-order valence-electron chi connectivity index (χ3n) is 1.18. The Hall–Kier alpha value is -2.38. The van der Waals surface area contributed by atoms with Crippen molar-refractivity contribution in [2.45, 2.75) is 53.9 Å². The molecule has 0 aromatic rings. The first-order chi connectivity index (χ1) is 11.1. The number of carboxylic acids is 3. The molecule has 0 unspecified atom stereocenters.